The van der Waals surface area contributed by atoms with Crippen LogP contribution in [0.2, 0.25) is 0 Å². The lowest BCUT2D eigenvalue weighted by molar-refractivity contribution is 0.146. The predicted molar refractivity (Wildman–Crippen MR) is 86.8 cm³/mol. The van der Waals surface area contributed by atoms with Crippen LogP contribution in [-0.2, 0) is 11.3 Å². The highest BCUT2D eigenvalue weighted by molar-refractivity contribution is 5.79. The van der Waals surface area contributed by atoms with Crippen LogP contribution >= 0.6 is 0 Å². The van der Waals surface area contributed by atoms with Crippen molar-refractivity contribution in [2.24, 2.45) is 4.99 Å². The zero-order valence-electron chi connectivity index (χ0n) is 12.9. The van der Waals surface area contributed by atoms with Gasteiger partial charge in [0.25, 0.3) is 0 Å². The van der Waals surface area contributed by atoms with E-state index in [1.165, 1.54) is 0 Å². The lowest BCUT2D eigenvalue weighted by Gasteiger charge is -2.09. The molecule has 1 aromatic rings. The third-order valence-electron chi connectivity index (χ3n) is 2.66. The van der Waals surface area contributed by atoms with Crippen LogP contribution in [0.3, 0.4) is 0 Å². The molecule has 1 aromatic carbocycles. The average Bonchev–Trinajstić information content (AvgIpc) is 2.51. The molecule has 0 aliphatic rings. The Morgan fingerprint density at radius 3 is 2.62 bits per heavy atom. The maximum Gasteiger partial charge on any atom is 0.191 e. The second kappa shape index (κ2) is 10.7. The highest BCUT2D eigenvalue weighted by Crippen LogP contribution is 2.12. The van der Waals surface area contributed by atoms with Gasteiger partial charge in [-0.3, -0.25) is 0 Å². The third kappa shape index (κ3) is 7.37. The molecule has 0 bridgehead atoms. The van der Waals surface area contributed by atoms with Gasteiger partial charge in [0, 0.05) is 20.2 Å². The molecule has 2 N–H and O–H groups in total. The molecule has 0 saturated heterocycles. The quantitative estimate of drug-likeness (QED) is 0.316. The summed E-state index contributed by atoms with van der Waals surface area (Å²) in [5, 5.41) is 6.35. The van der Waals surface area contributed by atoms with Crippen LogP contribution < -0.4 is 15.4 Å². The van der Waals surface area contributed by atoms with E-state index in [2.05, 4.69) is 22.2 Å². The van der Waals surface area contributed by atoms with Gasteiger partial charge in [-0.05, 0) is 24.6 Å². The molecule has 0 aliphatic heterocycles. The monoisotopic (exact) mass is 291 g/mol. The van der Waals surface area contributed by atoms with Crippen molar-refractivity contribution in [3.8, 4) is 5.75 Å². The number of nitrogens with zero attached hydrogens (tertiary/aromatic N) is 1. The molecule has 21 heavy (non-hydrogen) atoms. The summed E-state index contributed by atoms with van der Waals surface area (Å²) < 4.78 is 10.5. The second-order valence-electron chi connectivity index (χ2n) is 4.35. The zero-order chi connectivity index (χ0) is 15.3. The molecule has 1 rings (SSSR count). The first-order valence-electron chi connectivity index (χ1n) is 7.14. The van der Waals surface area contributed by atoms with E-state index in [-0.39, 0.29) is 0 Å². The maximum absolute atomic E-state index is 5.52. The Morgan fingerprint density at radius 1 is 1.24 bits per heavy atom. The zero-order valence-corrected chi connectivity index (χ0v) is 12.9. The van der Waals surface area contributed by atoms with E-state index >= 15 is 0 Å². The lowest BCUT2D eigenvalue weighted by Crippen LogP contribution is -2.37. The molecule has 0 spiro atoms. The largest absolute Gasteiger partial charge is 0.491 e. The molecule has 5 nitrogen and oxygen atoms in total. The van der Waals surface area contributed by atoms with Crippen LogP contribution in [0.1, 0.15) is 12.5 Å². The summed E-state index contributed by atoms with van der Waals surface area (Å²) in [6.45, 7) is 9.01. The van der Waals surface area contributed by atoms with E-state index in [9.17, 15) is 0 Å². The first-order chi connectivity index (χ1) is 10.3. The van der Waals surface area contributed by atoms with Crippen LogP contribution in [0.4, 0.5) is 0 Å². The van der Waals surface area contributed by atoms with Crippen LogP contribution in [-0.4, -0.2) is 39.4 Å². The van der Waals surface area contributed by atoms with Crippen molar-refractivity contribution in [2.45, 2.75) is 13.5 Å². The van der Waals surface area contributed by atoms with Gasteiger partial charge >= 0.3 is 0 Å². The molecule has 0 aromatic heterocycles. The minimum absolute atomic E-state index is 0.560. The van der Waals surface area contributed by atoms with Crippen LogP contribution in [0.15, 0.2) is 41.9 Å². The summed E-state index contributed by atoms with van der Waals surface area (Å²) >= 11 is 0. The number of benzene rings is 1. The van der Waals surface area contributed by atoms with Crippen molar-refractivity contribution in [3.05, 3.63) is 42.5 Å². The van der Waals surface area contributed by atoms with Gasteiger partial charge in [0.15, 0.2) is 5.96 Å². The van der Waals surface area contributed by atoms with Gasteiger partial charge in [0.2, 0.25) is 0 Å². The first-order valence-corrected chi connectivity index (χ1v) is 7.14. The Bertz CT molecular complexity index is 430. The fraction of sp³-hybridized carbons (Fsp3) is 0.438. The van der Waals surface area contributed by atoms with E-state index in [0.717, 1.165) is 23.8 Å². The molecule has 0 saturated carbocycles. The van der Waals surface area contributed by atoms with Crippen molar-refractivity contribution >= 4 is 5.96 Å². The molecular formula is C16H25N3O2. The topological polar surface area (TPSA) is 54.9 Å². The summed E-state index contributed by atoms with van der Waals surface area (Å²) in [4.78, 5) is 4.51. The Balaban J connectivity index is 2.50. The van der Waals surface area contributed by atoms with Gasteiger partial charge in [-0.15, -0.1) is 6.58 Å². The average molecular weight is 291 g/mol. The van der Waals surface area contributed by atoms with Gasteiger partial charge in [-0.25, -0.2) is 4.99 Å². The Hall–Kier alpha value is -2.01. The van der Waals surface area contributed by atoms with Crippen LogP contribution in [0.25, 0.3) is 0 Å². The molecule has 0 amide bonds. The predicted octanol–water partition coefficient (Wildman–Crippen LogP) is 1.95. The molecule has 0 aliphatic carbocycles. The van der Waals surface area contributed by atoms with E-state index in [4.69, 9.17) is 9.47 Å². The smallest absolute Gasteiger partial charge is 0.191 e. The molecule has 116 valence electrons. The fourth-order valence-electron chi connectivity index (χ4n) is 1.61. The summed E-state index contributed by atoms with van der Waals surface area (Å²) in [5.41, 5.74) is 1.13. The molecule has 0 unspecified atom stereocenters. The maximum atomic E-state index is 5.52. The number of rotatable bonds is 9. The molecular weight excluding hydrogens is 266 g/mol. The van der Waals surface area contributed by atoms with Gasteiger partial charge in [-0.2, -0.15) is 0 Å². The number of hydrogen-bond acceptors (Lipinski definition) is 3. The van der Waals surface area contributed by atoms with Crippen LogP contribution in [0, 0.1) is 0 Å². The third-order valence-corrected chi connectivity index (χ3v) is 2.66. The van der Waals surface area contributed by atoms with Gasteiger partial charge in [0.1, 0.15) is 12.4 Å². The second-order valence-corrected chi connectivity index (χ2v) is 4.35. The molecule has 0 fully saturated rings. The minimum Gasteiger partial charge on any atom is -0.491 e. The molecule has 0 radical (unpaired) electrons. The summed E-state index contributed by atoms with van der Waals surface area (Å²) in [5.74, 6) is 1.63. The number of guanidine groups is 1. The minimum atomic E-state index is 0.560. The number of methoxy groups -OCH3 is 1. The number of hydrogen-bond donors (Lipinski definition) is 2. The van der Waals surface area contributed by atoms with E-state index in [1.807, 2.05) is 31.2 Å². The lowest BCUT2D eigenvalue weighted by atomic mass is 10.2. The molecule has 0 heterocycles. The van der Waals surface area contributed by atoms with Crippen molar-refractivity contribution in [1.29, 1.82) is 0 Å². The van der Waals surface area contributed by atoms with Crippen molar-refractivity contribution in [1.82, 2.24) is 10.6 Å². The first kappa shape index (κ1) is 17.0. The standard InChI is InChI=1S/C16H25N3O2/c1-4-10-18-16(17-5-2)19-13-14-6-8-15(9-7-14)21-12-11-20-3/h4,6-9H,1,5,10-13H2,2-3H3,(H2,17,18,19). The fourth-order valence-corrected chi connectivity index (χ4v) is 1.61. The summed E-state index contributed by atoms with van der Waals surface area (Å²) in [6.07, 6.45) is 1.80. The number of aliphatic imine (C=N–C) groups is 1. The van der Waals surface area contributed by atoms with Crippen molar-refractivity contribution < 1.29 is 9.47 Å². The Kier molecular flexibility index (Phi) is 8.72. The van der Waals surface area contributed by atoms with E-state index < -0.39 is 0 Å². The van der Waals surface area contributed by atoms with Crippen LogP contribution in [0.5, 0.6) is 5.75 Å². The number of ether oxygens (including phenoxy) is 2. The van der Waals surface area contributed by atoms with Gasteiger partial charge in [-0.1, -0.05) is 18.2 Å². The molecule has 0 atom stereocenters. The highest BCUT2D eigenvalue weighted by Gasteiger charge is 1.97. The summed E-state index contributed by atoms with van der Waals surface area (Å²) in [7, 11) is 1.66. The normalized spacial score (nSPS) is 11.0. The van der Waals surface area contributed by atoms with Gasteiger partial charge < -0.3 is 20.1 Å². The van der Waals surface area contributed by atoms with E-state index in [0.29, 0.717) is 26.3 Å². The molecule has 5 heteroatoms. The van der Waals surface area contributed by atoms with E-state index in [1.54, 1.807) is 13.2 Å². The SMILES string of the molecule is C=CCNC(=NCc1ccc(OCCOC)cc1)NCC. The van der Waals surface area contributed by atoms with Crippen molar-refractivity contribution in [3.63, 3.8) is 0 Å². The summed E-state index contributed by atoms with van der Waals surface area (Å²) in [6, 6.07) is 7.93. The van der Waals surface area contributed by atoms with Gasteiger partial charge in [0.05, 0.1) is 13.2 Å². The number of nitrogens with one attached hydrogen (secondary N) is 2. The Labute approximate surface area is 127 Å². The van der Waals surface area contributed by atoms with Crippen molar-refractivity contribution in [2.75, 3.05) is 33.4 Å². The highest BCUT2D eigenvalue weighted by atomic mass is 16.5. The Morgan fingerprint density at radius 2 is 2.00 bits per heavy atom.